The summed E-state index contributed by atoms with van der Waals surface area (Å²) in [5, 5.41) is 12.1. The van der Waals surface area contributed by atoms with Crippen molar-refractivity contribution in [1.29, 1.82) is 0 Å². The Kier molecular flexibility index (Phi) is 6.29. The Hall–Kier alpha value is -1.73. The highest BCUT2D eigenvalue weighted by molar-refractivity contribution is 7.99. The van der Waals surface area contributed by atoms with Gasteiger partial charge in [0.2, 0.25) is 11.1 Å². The Balaban J connectivity index is 2.00. The largest absolute Gasteiger partial charge is 0.353 e. The summed E-state index contributed by atoms with van der Waals surface area (Å²) in [5.74, 6) is 6.69. The molecule has 3 N–H and O–H groups in total. The van der Waals surface area contributed by atoms with Crippen LogP contribution < -0.4 is 11.2 Å². The van der Waals surface area contributed by atoms with Crippen molar-refractivity contribution in [2.75, 3.05) is 11.6 Å². The number of carbonyl (C=O) groups is 1. The van der Waals surface area contributed by atoms with Crippen molar-refractivity contribution in [2.45, 2.75) is 37.9 Å². The number of hydrogen-bond acceptors (Lipinski definition) is 5. The highest BCUT2D eigenvalue weighted by atomic mass is 35.5. The minimum absolute atomic E-state index is 0.0433. The fourth-order valence-corrected chi connectivity index (χ4v) is 3.04. The third-order valence-electron chi connectivity index (χ3n) is 3.24. The zero-order valence-electron chi connectivity index (χ0n) is 13.1. The second-order valence-electron chi connectivity index (χ2n) is 5.20. The molecular weight excluding hydrogens is 334 g/mol. The van der Waals surface area contributed by atoms with Gasteiger partial charge >= 0.3 is 0 Å². The van der Waals surface area contributed by atoms with Crippen LogP contribution in [0.4, 0.5) is 0 Å². The zero-order valence-corrected chi connectivity index (χ0v) is 14.7. The summed E-state index contributed by atoms with van der Waals surface area (Å²) in [7, 11) is 0. The molecule has 1 atom stereocenters. The van der Waals surface area contributed by atoms with Gasteiger partial charge in [-0.3, -0.25) is 4.79 Å². The van der Waals surface area contributed by atoms with Crippen LogP contribution in [0.2, 0.25) is 5.02 Å². The lowest BCUT2D eigenvalue weighted by Crippen LogP contribution is -2.33. The van der Waals surface area contributed by atoms with Gasteiger partial charge in [-0.05, 0) is 25.5 Å². The average molecular weight is 354 g/mol. The van der Waals surface area contributed by atoms with E-state index in [1.165, 1.54) is 16.4 Å². The molecule has 0 radical (unpaired) electrons. The lowest BCUT2D eigenvalue weighted by Gasteiger charge is -2.12. The summed E-state index contributed by atoms with van der Waals surface area (Å²) in [6.07, 6.45) is 1.99. The van der Waals surface area contributed by atoms with E-state index in [1.54, 1.807) is 6.07 Å². The standard InChI is InChI=1S/C15H20ClN5OS/c1-3-6-10(2)18-13(22)9-23-15-20-19-14(21(15)17)11-7-4-5-8-12(11)16/h4-5,7-8,10H,3,6,9,17H2,1-2H3,(H,18,22)/t10-/m0/s1. The number of nitrogens with two attached hydrogens (primary N) is 1. The first kappa shape index (κ1) is 17.6. The van der Waals surface area contributed by atoms with E-state index in [9.17, 15) is 4.79 Å². The molecule has 0 fully saturated rings. The molecular formula is C15H20ClN5OS. The summed E-state index contributed by atoms with van der Waals surface area (Å²) >= 11 is 7.39. The average Bonchev–Trinajstić information content (AvgIpc) is 2.87. The van der Waals surface area contributed by atoms with Crippen molar-refractivity contribution in [3.63, 3.8) is 0 Å². The van der Waals surface area contributed by atoms with Crippen LogP contribution in [-0.4, -0.2) is 32.6 Å². The number of thioether (sulfide) groups is 1. The van der Waals surface area contributed by atoms with E-state index >= 15 is 0 Å². The van der Waals surface area contributed by atoms with E-state index in [2.05, 4.69) is 22.4 Å². The van der Waals surface area contributed by atoms with Gasteiger partial charge in [-0.1, -0.05) is 48.8 Å². The third kappa shape index (κ3) is 4.62. The van der Waals surface area contributed by atoms with Crippen LogP contribution in [-0.2, 0) is 4.79 Å². The Morgan fingerprint density at radius 1 is 1.43 bits per heavy atom. The molecule has 0 aliphatic carbocycles. The monoisotopic (exact) mass is 353 g/mol. The van der Waals surface area contributed by atoms with E-state index < -0.39 is 0 Å². The summed E-state index contributed by atoms with van der Waals surface area (Å²) in [4.78, 5) is 11.9. The van der Waals surface area contributed by atoms with Crippen LogP contribution in [0.1, 0.15) is 26.7 Å². The summed E-state index contributed by atoms with van der Waals surface area (Å²) in [6.45, 7) is 4.08. The molecule has 0 saturated heterocycles. The minimum Gasteiger partial charge on any atom is -0.353 e. The van der Waals surface area contributed by atoms with Gasteiger partial charge in [0.05, 0.1) is 10.8 Å². The van der Waals surface area contributed by atoms with Crippen LogP contribution >= 0.6 is 23.4 Å². The zero-order chi connectivity index (χ0) is 16.8. The Morgan fingerprint density at radius 3 is 2.87 bits per heavy atom. The van der Waals surface area contributed by atoms with Gasteiger partial charge < -0.3 is 11.2 Å². The van der Waals surface area contributed by atoms with E-state index in [0.717, 1.165) is 12.8 Å². The second kappa shape index (κ2) is 8.21. The first-order valence-electron chi connectivity index (χ1n) is 7.40. The predicted molar refractivity (Wildman–Crippen MR) is 93.9 cm³/mol. The number of rotatable bonds is 7. The summed E-state index contributed by atoms with van der Waals surface area (Å²) in [5.41, 5.74) is 0.706. The molecule has 1 aromatic heterocycles. The van der Waals surface area contributed by atoms with Gasteiger partial charge in [-0.2, -0.15) is 0 Å². The van der Waals surface area contributed by atoms with E-state index in [-0.39, 0.29) is 17.7 Å². The first-order valence-corrected chi connectivity index (χ1v) is 8.76. The maximum absolute atomic E-state index is 11.9. The highest BCUT2D eigenvalue weighted by Crippen LogP contribution is 2.27. The lowest BCUT2D eigenvalue weighted by atomic mass is 10.2. The molecule has 1 heterocycles. The van der Waals surface area contributed by atoms with Gasteiger partial charge in [-0.25, -0.2) is 4.68 Å². The van der Waals surface area contributed by atoms with Crippen molar-refractivity contribution in [1.82, 2.24) is 20.2 Å². The maximum Gasteiger partial charge on any atom is 0.230 e. The van der Waals surface area contributed by atoms with Crippen LogP contribution in [0.25, 0.3) is 11.4 Å². The summed E-state index contributed by atoms with van der Waals surface area (Å²) in [6, 6.07) is 7.44. The van der Waals surface area contributed by atoms with Crippen molar-refractivity contribution in [2.24, 2.45) is 0 Å². The second-order valence-corrected chi connectivity index (χ2v) is 6.55. The molecule has 23 heavy (non-hydrogen) atoms. The molecule has 0 saturated carbocycles. The molecule has 0 unspecified atom stereocenters. The van der Waals surface area contributed by atoms with Crippen LogP contribution in [0.5, 0.6) is 0 Å². The van der Waals surface area contributed by atoms with Gasteiger partial charge in [0.15, 0.2) is 5.82 Å². The predicted octanol–water partition coefficient (Wildman–Crippen LogP) is 2.71. The van der Waals surface area contributed by atoms with Gasteiger partial charge in [-0.15, -0.1) is 10.2 Å². The fraction of sp³-hybridized carbons (Fsp3) is 0.400. The van der Waals surface area contributed by atoms with Gasteiger partial charge in [0.1, 0.15) is 0 Å². The number of hydrogen-bond donors (Lipinski definition) is 2. The number of nitrogen functional groups attached to an aromatic ring is 1. The SMILES string of the molecule is CCC[C@H](C)NC(=O)CSc1nnc(-c2ccccc2Cl)n1N. The quantitative estimate of drug-likeness (QED) is 0.590. The molecule has 1 amide bonds. The maximum atomic E-state index is 11.9. The normalized spacial score (nSPS) is 12.1. The van der Waals surface area contributed by atoms with E-state index in [4.69, 9.17) is 17.4 Å². The van der Waals surface area contributed by atoms with Crippen LogP contribution in [0.15, 0.2) is 29.4 Å². The first-order chi connectivity index (χ1) is 11.0. The molecule has 124 valence electrons. The smallest absolute Gasteiger partial charge is 0.230 e. The number of carbonyl (C=O) groups excluding carboxylic acids is 1. The number of halogens is 1. The number of nitrogens with one attached hydrogen (secondary N) is 1. The number of amides is 1. The van der Waals surface area contributed by atoms with Crippen molar-refractivity contribution in [3.05, 3.63) is 29.3 Å². The molecule has 0 spiro atoms. The van der Waals surface area contributed by atoms with Gasteiger partial charge in [0.25, 0.3) is 0 Å². The molecule has 0 aliphatic rings. The molecule has 6 nitrogen and oxygen atoms in total. The lowest BCUT2D eigenvalue weighted by molar-refractivity contribution is -0.119. The highest BCUT2D eigenvalue weighted by Gasteiger charge is 2.16. The Labute approximate surface area is 144 Å². The third-order valence-corrected chi connectivity index (χ3v) is 4.51. The molecule has 0 bridgehead atoms. The van der Waals surface area contributed by atoms with Gasteiger partial charge in [0, 0.05) is 11.6 Å². The van der Waals surface area contributed by atoms with Crippen molar-refractivity contribution < 1.29 is 4.79 Å². The number of aromatic nitrogens is 3. The van der Waals surface area contributed by atoms with Crippen LogP contribution in [0, 0.1) is 0 Å². The Morgan fingerprint density at radius 2 is 2.17 bits per heavy atom. The minimum atomic E-state index is -0.0433. The van der Waals surface area contributed by atoms with E-state index in [0.29, 0.717) is 21.6 Å². The van der Waals surface area contributed by atoms with E-state index in [1.807, 2.05) is 25.1 Å². The number of nitrogens with zero attached hydrogens (tertiary/aromatic N) is 3. The topological polar surface area (TPSA) is 85.8 Å². The van der Waals surface area contributed by atoms with Crippen molar-refractivity contribution >= 4 is 29.3 Å². The molecule has 8 heteroatoms. The molecule has 0 aliphatic heterocycles. The summed E-state index contributed by atoms with van der Waals surface area (Å²) < 4.78 is 1.36. The fourth-order valence-electron chi connectivity index (χ4n) is 2.15. The van der Waals surface area contributed by atoms with Crippen molar-refractivity contribution in [3.8, 4) is 11.4 Å². The molecule has 2 rings (SSSR count). The van der Waals surface area contributed by atoms with Crippen LogP contribution in [0.3, 0.4) is 0 Å². The molecule has 1 aromatic carbocycles. The number of benzene rings is 1. The molecule has 2 aromatic rings. The Bertz CT molecular complexity index is 676.